The van der Waals surface area contributed by atoms with Gasteiger partial charge in [-0.3, -0.25) is 0 Å². The Labute approximate surface area is 203 Å². The van der Waals surface area contributed by atoms with Crippen molar-refractivity contribution in [3.8, 4) is 16.9 Å². The van der Waals surface area contributed by atoms with Crippen LogP contribution in [-0.2, 0) is 0 Å². The second-order valence-corrected chi connectivity index (χ2v) is 10.4. The van der Waals surface area contributed by atoms with Crippen LogP contribution in [0.25, 0.3) is 11.1 Å². The van der Waals surface area contributed by atoms with Crippen LogP contribution in [-0.4, -0.2) is 6.61 Å². The lowest BCUT2D eigenvalue weighted by Gasteiger charge is -2.38. The van der Waals surface area contributed by atoms with Gasteiger partial charge in [-0.05, 0) is 97.9 Å². The number of benzene rings is 2. The number of ether oxygens (including phenoxy) is 1. The molecule has 0 aliphatic heterocycles. The van der Waals surface area contributed by atoms with Gasteiger partial charge in [0.15, 0.2) is 11.6 Å². The average Bonchev–Trinajstić information content (AvgIpc) is 2.86. The Bertz CT molecular complexity index is 907. The largest absolute Gasteiger partial charge is 0.491 e. The van der Waals surface area contributed by atoms with Gasteiger partial charge in [-0.25, -0.2) is 13.2 Å². The van der Waals surface area contributed by atoms with Crippen molar-refractivity contribution >= 4 is 0 Å². The Hall–Kier alpha value is -1.97. The van der Waals surface area contributed by atoms with E-state index >= 15 is 0 Å². The quantitative estimate of drug-likeness (QED) is 0.371. The van der Waals surface area contributed by atoms with E-state index in [1.807, 2.05) is 12.1 Å². The van der Waals surface area contributed by atoms with Gasteiger partial charge in [0.25, 0.3) is 6.43 Å². The van der Waals surface area contributed by atoms with Gasteiger partial charge in [0, 0.05) is 0 Å². The average molecular weight is 473 g/mol. The Morgan fingerprint density at radius 2 is 1.44 bits per heavy atom. The molecule has 0 unspecified atom stereocenters. The molecule has 4 rings (SSSR count). The fraction of sp³-hybridized carbons (Fsp3) is 0.600. The minimum Gasteiger partial charge on any atom is -0.491 e. The Balaban J connectivity index is 1.39. The molecule has 186 valence electrons. The molecule has 0 aromatic heterocycles. The highest BCUT2D eigenvalue weighted by atomic mass is 19.3. The molecule has 2 aliphatic carbocycles. The maximum Gasteiger partial charge on any atom is 0.267 e. The summed E-state index contributed by atoms with van der Waals surface area (Å²) in [5, 5.41) is 0. The molecule has 0 saturated heterocycles. The van der Waals surface area contributed by atoms with Crippen LogP contribution < -0.4 is 4.74 Å². The molecule has 2 saturated carbocycles. The lowest BCUT2D eigenvalue weighted by molar-refractivity contribution is 0.145. The molecule has 34 heavy (non-hydrogen) atoms. The van der Waals surface area contributed by atoms with E-state index in [1.165, 1.54) is 75.8 Å². The third kappa shape index (κ3) is 5.63. The van der Waals surface area contributed by atoms with Crippen molar-refractivity contribution in [1.82, 2.24) is 0 Å². The zero-order valence-corrected chi connectivity index (χ0v) is 20.7. The molecule has 0 N–H and O–H groups in total. The minimum atomic E-state index is -2.90. The predicted molar refractivity (Wildman–Crippen MR) is 133 cm³/mol. The first kappa shape index (κ1) is 25.1. The Morgan fingerprint density at radius 3 is 2.00 bits per heavy atom. The third-order valence-corrected chi connectivity index (χ3v) is 8.38. The van der Waals surface area contributed by atoms with E-state index in [4.69, 9.17) is 4.74 Å². The van der Waals surface area contributed by atoms with Crippen LogP contribution in [0.2, 0.25) is 0 Å². The van der Waals surface area contributed by atoms with Crippen LogP contribution in [0.3, 0.4) is 0 Å². The first-order valence-corrected chi connectivity index (χ1v) is 13.3. The van der Waals surface area contributed by atoms with Crippen molar-refractivity contribution in [2.24, 2.45) is 17.8 Å². The highest BCUT2D eigenvalue weighted by Crippen LogP contribution is 2.45. The van der Waals surface area contributed by atoms with E-state index in [0.717, 1.165) is 17.8 Å². The third-order valence-electron chi connectivity index (χ3n) is 8.38. The highest BCUT2D eigenvalue weighted by Gasteiger charge is 2.31. The molecular weight excluding hydrogens is 433 g/mol. The van der Waals surface area contributed by atoms with Gasteiger partial charge in [0.1, 0.15) is 0 Å². The van der Waals surface area contributed by atoms with Gasteiger partial charge < -0.3 is 4.74 Å². The summed E-state index contributed by atoms with van der Waals surface area (Å²) in [4.78, 5) is 0. The second kappa shape index (κ2) is 11.6. The summed E-state index contributed by atoms with van der Waals surface area (Å²) in [6.45, 7) is 4.24. The highest BCUT2D eigenvalue weighted by molar-refractivity contribution is 5.69. The summed E-state index contributed by atoms with van der Waals surface area (Å²) < 4.78 is 47.3. The van der Waals surface area contributed by atoms with E-state index in [-0.39, 0.29) is 17.9 Å². The number of hydrogen-bond acceptors (Lipinski definition) is 1. The van der Waals surface area contributed by atoms with Crippen molar-refractivity contribution in [2.45, 2.75) is 90.4 Å². The molecule has 2 aromatic rings. The van der Waals surface area contributed by atoms with E-state index in [9.17, 15) is 13.2 Å². The zero-order valence-electron chi connectivity index (χ0n) is 20.7. The zero-order chi connectivity index (χ0) is 24.1. The Morgan fingerprint density at radius 1 is 0.824 bits per heavy atom. The summed E-state index contributed by atoms with van der Waals surface area (Å²) in [6.07, 6.45) is 10.5. The summed E-state index contributed by atoms with van der Waals surface area (Å²) >= 11 is 0. The molecule has 0 heterocycles. The molecule has 2 aromatic carbocycles. The van der Waals surface area contributed by atoms with E-state index < -0.39 is 17.8 Å². The molecule has 1 nitrogen and oxygen atoms in total. The summed E-state index contributed by atoms with van der Waals surface area (Å²) in [5.74, 6) is 2.21. The molecule has 0 spiro atoms. The maximum atomic E-state index is 14.7. The SMILES string of the molecule is CCCC1CCC(C2CCC(c3ccc(-c4ccc(OCC)c(F)c4C(F)F)cc3)CC2)CC1. The molecular formula is C30H39F3O. The van der Waals surface area contributed by atoms with Crippen LogP contribution >= 0.6 is 0 Å². The monoisotopic (exact) mass is 472 g/mol. The fourth-order valence-electron chi connectivity index (χ4n) is 6.52. The molecule has 4 heteroatoms. The maximum absolute atomic E-state index is 14.7. The summed E-state index contributed by atoms with van der Waals surface area (Å²) in [5.41, 5.74) is 1.56. The molecule has 0 radical (unpaired) electrons. The van der Waals surface area contributed by atoms with Gasteiger partial charge in [-0.15, -0.1) is 0 Å². The molecule has 0 amide bonds. The number of alkyl halides is 2. The van der Waals surface area contributed by atoms with Crippen LogP contribution in [0.1, 0.15) is 102 Å². The van der Waals surface area contributed by atoms with Crippen LogP contribution in [0.15, 0.2) is 36.4 Å². The number of halogens is 3. The standard InChI is InChI=1S/C30H39F3O/c1-3-5-20-6-8-21(9-7-20)22-10-12-23(13-11-22)24-14-16-25(17-15-24)26-18-19-27(34-4-2)29(31)28(26)30(32)33/h14-23,30H,3-13H2,1-2H3. The van der Waals surface area contributed by atoms with Gasteiger partial charge in [0.2, 0.25) is 0 Å². The van der Waals surface area contributed by atoms with Crippen molar-refractivity contribution in [3.63, 3.8) is 0 Å². The van der Waals surface area contributed by atoms with E-state index in [0.29, 0.717) is 11.5 Å². The first-order valence-electron chi connectivity index (χ1n) is 13.3. The lowest BCUT2D eigenvalue weighted by atomic mass is 9.68. The molecule has 0 bridgehead atoms. The summed E-state index contributed by atoms with van der Waals surface area (Å²) in [7, 11) is 0. The smallest absolute Gasteiger partial charge is 0.267 e. The summed E-state index contributed by atoms with van der Waals surface area (Å²) in [6, 6.07) is 10.9. The van der Waals surface area contributed by atoms with Crippen molar-refractivity contribution in [2.75, 3.05) is 6.61 Å². The Kier molecular flexibility index (Phi) is 8.60. The van der Waals surface area contributed by atoms with Crippen molar-refractivity contribution in [1.29, 1.82) is 0 Å². The second-order valence-electron chi connectivity index (χ2n) is 10.4. The van der Waals surface area contributed by atoms with Gasteiger partial charge in [-0.2, -0.15) is 0 Å². The first-order chi connectivity index (χ1) is 16.5. The molecule has 2 aliphatic rings. The van der Waals surface area contributed by atoms with E-state index in [2.05, 4.69) is 19.1 Å². The predicted octanol–water partition coefficient (Wildman–Crippen LogP) is 9.71. The van der Waals surface area contributed by atoms with Crippen LogP contribution in [0, 0.1) is 23.6 Å². The van der Waals surface area contributed by atoms with Gasteiger partial charge in [-0.1, -0.05) is 56.9 Å². The number of hydrogen-bond donors (Lipinski definition) is 0. The lowest BCUT2D eigenvalue weighted by Crippen LogP contribution is -2.25. The molecule has 2 fully saturated rings. The number of rotatable bonds is 8. The van der Waals surface area contributed by atoms with Crippen molar-refractivity contribution < 1.29 is 17.9 Å². The van der Waals surface area contributed by atoms with E-state index in [1.54, 1.807) is 13.0 Å². The van der Waals surface area contributed by atoms with Crippen LogP contribution in [0.5, 0.6) is 5.75 Å². The fourth-order valence-corrected chi connectivity index (χ4v) is 6.52. The minimum absolute atomic E-state index is 0.117. The van der Waals surface area contributed by atoms with Crippen molar-refractivity contribution in [3.05, 3.63) is 53.3 Å². The molecule has 0 atom stereocenters. The van der Waals surface area contributed by atoms with Crippen LogP contribution in [0.4, 0.5) is 13.2 Å². The normalized spacial score (nSPS) is 25.5. The van der Waals surface area contributed by atoms with Gasteiger partial charge >= 0.3 is 0 Å². The van der Waals surface area contributed by atoms with Gasteiger partial charge in [0.05, 0.1) is 12.2 Å². The topological polar surface area (TPSA) is 9.23 Å².